The topological polar surface area (TPSA) is 102 Å². The van der Waals surface area contributed by atoms with Crippen LogP contribution in [-0.2, 0) is 36.4 Å². The number of hydrogen-bond donors (Lipinski definition) is 2. The summed E-state index contributed by atoms with van der Waals surface area (Å²) in [5, 5.41) is 2.56. The van der Waals surface area contributed by atoms with Gasteiger partial charge in [-0.1, -0.05) is 45.0 Å². The van der Waals surface area contributed by atoms with Crippen molar-refractivity contribution in [2.45, 2.75) is 51.0 Å². The third-order valence-corrected chi connectivity index (χ3v) is 5.80. The normalized spacial score (nSPS) is 11.7. The molecule has 0 radical (unpaired) electrons. The lowest BCUT2D eigenvalue weighted by Gasteiger charge is -2.19. The van der Waals surface area contributed by atoms with Crippen LogP contribution in [0.25, 0.3) is 0 Å². The van der Waals surface area contributed by atoms with E-state index in [0.717, 1.165) is 5.56 Å². The first kappa shape index (κ1) is 23.6. The average Bonchev–Trinajstić information content (AvgIpc) is 2.66. The summed E-state index contributed by atoms with van der Waals surface area (Å²) in [6.45, 7) is 7.81. The van der Waals surface area contributed by atoms with Gasteiger partial charge < -0.3 is 10.1 Å². The van der Waals surface area contributed by atoms with E-state index in [1.54, 1.807) is 0 Å². The Morgan fingerprint density at radius 1 is 0.967 bits per heavy atom. The zero-order chi connectivity index (χ0) is 22.4. The number of benzene rings is 2. The van der Waals surface area contributed by atoms with Gasteiger partial charge in [-0.15, -0.1) is 0 Å². The summed E-state index contributed by atoms with van der Waals surface area (Å²) in [5.41, 5.74) is 2.62. The lowest BCUT2D eigenvalue weighted by molar-refractivity contribution is -0.144. The Balaban J connectivity index is 1.80. The molecule has 0 bridgehead atoms. The fourth-order valence-corrected chi connectivity index (χ4v) is 3.66. The Morgan fingerprint density at radius 3 is 2.10 bits per heavy atom. The highest BCUT2D eigenvalue weighted by Gasteiger charge is 2.15. The molecule has 0 unspecified atom stereocenters. The first-order valence-corrected chi connectivity index (χ1v) is 11.1. The molecule has 0 aliphatic carbocycles. The van der Waals surface area contributed by atoms with Crippen molar-refractivity contribution in [2.75, 3.05) is 11.9 Å². The fraction of sp³-hybridized carbons (Fsp3) is 0.364. The summed E-state index contributed by atoms with van der Waals surface area (Å²) in [4.78, 5) is 23.0. The molecule has 2 aromatic carbocycles. The summed E-state index contributed by atoms with van der Waals surface area (Å²) in [5.74, 6) is -0.731. The van der Waals surface area contributed by atoms with Gasteiger partial charge in [0.1, 0.15) is 6.61 Å². The summed E-state index contributed by atoms with van der Waals surface area (Å²) < 4.78 is 32.2. The Kier molecular flexibility index (Phi) is 7.75. The molecule has 0 aromatic heterocycles. The molecule has 30 heavy (non-hydrogen) atoms. The monoisotopic (exact) mass is 432 g/mol. The van der Waals surface area contributed by atoms with Crippen molar-refractivity contribution < 1.29 is 22.7 Å². The number of rotatable bonds is 8. The Labute approximate surface area is 177 Å². The van der Waals surface area contributed by atoms with Crippen molar-refractivity contribution in [3.63, 3.8) is 0 Å². The van der Waals surface area contributed by atoms with Crippen LogP contribution in [-0.4, -0.2) is 26.8 Å². The SMILES string of the molecule is CC(=O)Nc1ccc(S(=O)(=O)NCCC(=O)OCc2ccc(C(C)(C)C)cc2)cc1. The average molecular weight is 433 g/mol. The Bertz CT molecular complexity index is 976. The van der Waals surface area contributed by atoms with E-state index in [-0.39, 0.29) is 35.8 Å². The number of carbonyl (C=O) groups is 2. The molecule has 0 heterocycles. The van der Waals surface area contributed by atoms with Crippen LogP contribution in [0.5, 0.6) is 0 Å². The van der Waals surface area contributed by atoms with E-state index in [2.05, 4.69) is 30.8 Å². The quantitative estimate of drug-likeness (QED) is 0.623. The van der Waals surface area contributed by atoms with Crippen molar-refractivity contribution in [3.8, 4) is 0 Å². The van der Waals surface area contributed by atoms with Gasteiger partial charge in [-0.3, -0.25) is 9.59 Å². The van der Waals surface area contributed by atoms with Crippen molar-refractivity contribution >= 4 is 27.6 Å². The first-order valence-electron chi connectivity index (χ1n) is 9.60. The van der Waals surface area contributed by atoms with E-state index in [4.69, 9.17) is 4.74 Å². The third kappa shape index (κ3) is 7.27. The van der Waals surface area contributed by atoms with E-state index < -0.39 is 16.0 Å². The Hall–Kier alpha value is -2.71. The number of anilines is 1. The molecule has 0 saturated carbocycles. The molecule has 1 amide bonds. The molecule has 7 nitrogen and oxygen atoms in total. The number of sulfonamides is 1. The first-order chi connectivity index (χ1) is 14.0. The van der Waals surface area contributed by atoms with Crippen LogP contribution in [0.4, 0.5) is 5.69 Å². The van der Waals surface area contributed by atoms with Gasteiger partial charge in [-0.05, 0) is 40.8 Å². The summed E-state index contributed by atoms with van der Waals surface area (Å²) >= 11 is 0. The minimum absolute atomic E-state index is 0.0453. The number of ether oxygens (including phenoxy) is 1. The van der Waals surface area contributed by atoms with Crippen molar-refractivity contribution in [3.05, 3.63) is 59.7 Å². The van der Waals surface area contributed by atoms with Gasteiger partial charge in [-0.25, -0.2) is 13.1 Å². The predicted molar refractivity (Wildman–Crippen MR) is 115 cm³/mol. The fourth-order valence-electron chi connectivity index (χ4n) is 2.63. The highest BCUT2D eigenvalue weighted by atomic mass is 32.2. The predicted octanol–water partition coefficient (Wildman–Crippen LogP) is 3.35. The van der Waals surface area contributed by atoms with Crippen molar-refractivity contribution in [1.82, 2.24) is 4.72 Å². The third-order valence-electron chi connectivity index (χ3n) is 4.33. The second-order valence-electron chi connectivity index (χ2n) is 7.96. The molecule has 2 aromatic rings. The largest absolute Gasteiger partial charge is 0.461 e. The van der Waals surface area contributed by atoms with Crippen LogP contribution < -0.4 is 10.0 Å². The van der Waals surface area contributed by atoms with E-state index in [9.17, 15) is 18.0 Å². The summed E-state index contributed by atoms with van der Waals surface area (Å²) in [6.07, 6.45) is -0.0801. The molecule has 0 aliphatic heterocycles. The van der Waals surface area contributed by atoms with Gasteiger partial charge in [0.05, 0.1) is 11.3 Å². The summed E-state index contributed by atoms with van der Waals surface area (Å²) in [6, 6.07) is 13.6. The molecule has 2 N–H and O–H groups in total. The number of hydrogen-bond acceptors (Lipinski definition) is 5. The van der Waals surface area contributed by atoms with Crippen LogP contribution in [0.2, 0.25) is 0 Å². The molecule has 8 heteroatoms. The summed E-state index contributed by atoms with van der Waals surface area (Å²) in [7, 11) is -3.76. The van der Waals surface area contributed by atoms with Crippen LogP contribution in [0.3, 0.4) is 0 Å². The van der Waals surface area contributed by atoms with Gasteiger partial charge in [0.2, 0.25) is 15.9 Å². The molecule has 0 fully saturated rings. The van der Waals surface area contributed by atoms with E-state index in [1.165, 1.54) is 36.8 Å². The second kappa shape index (κ2) is 9.86. The number of nitrogens with one attached hydrogen (secondary N) is 2. The zero-order valence-corrected chi connectivity index (χ0v) is 18.5. The molecular weight excluding hydrogens is 404 g/mol. The van der Waals surface area contributed by atoms with Gasteiger partial charge in [-0.2, -0.15) is 0 Å². The molecule has 0 saturated heterocycles. The maximum atomic E-state index is 12.3. The molecular formula is C22H28N2O5S. The maximum absolute atomic E-state index is 12.3. The van der Waals surface area contributed by atoms with Gasteiger partial charge >= 0.3 is 5.97 Å². The van der Waals surface area contributed by atoms with Crippen LogP contribution in [0.15, 0.2) is 53.4 Å². The highest BCUT2D eigenvalue weighted by molar-refractivity contribution is 7.89. The maximum Gasteiger partial charge on any atom is 0.307 e. The van der Waals surface area contributed by atoms with Crippen LogP contribution in [0, 0.1) is 0 Å². The Morgan fingerprint density at radius 2 is 1.57 bits per heavy atom. The van der Waals surface area contributed by atoms with Crippen LogP contribution in [0.1, 0.15) is 45.2 Å². The molecule has 0 atom stereocenters. The lowest BCUT2D eigenvalue weighted by atomic mass is 9.87. The molecule has 0 aliphatic rings. The minimum atomic E-state index is -3.76. The lowest BCUT2D eigenvalue weighted by Crippen LogP contribution is -2.26. The molecule has 2 rings (SSSR count). The van der Waals surface area contributed by atoms with Gasteiger partial charge in [0.25, 0.3) is 0 Å². The molecule has 0 spiro atoms. The van der Waals surface area contributed by atoms with E-state index in [1.807, 2.05) is 24.3 Å². The minimum Gasteiger partial charge on any atom is -0.461 e. The van der Waals surface area contributed by atoms with Crippen molar-refractivity contribution in [2.24, 2.45) is 0 Å². The van der Waals surface area contributed by atoms with Crippen LogP contribution >= 0.6 is 0 Å². The standard InChI is InChI=1S/C22H28N2O5S/c1-16(25)24-19-9-11-20(12-10-19)30(27,28)23-14-13-21(26)29-15-17-5-7-18(8-6-17)22(2,3)4/h5-12,23H,13-15H2,1-4H3,(H,24,25). The second-order valence-corrected chi connectivity index (χ2v) is 9.73. The molecule has 162 valence electrons. The van der Waals surface area contributed by atoms with E-state index in [0.29, 0.717) is 5.69 Å². The number of amides is 1. The van der Waals surface area contributed by atoms with Gasteiger partial charge in [0, 0.05) is 19.2 Å². The highest BCUT2D eigenvalue weighted by Crippen LogP contribution is 2.22. The number of carbonyl (C=O) groups excluding carboxylic acids is 2. The van der Waals surface area contributed by atoms with Gasteiger partial charge in [0.15, 0.2) is 0 Å². The zero-order valence-electron chi connectivity index (χ0n) is 17.7. The number of esters is 1. The van der Waals surface area contributed by atoms with Crippen molar-refractivity contribution in [1.29, 1.82) is 0 Å². The van der Waals surface area contributed by atoms with E-state index >= 15 is 0 Å². The smallest absolute Gasteiger partial charge is 0.307 e.